The van der Waals surface area contributed by atoms with Crippen LogP contribution in [0.2, 0.25) is 0 Å². The zero-order valence-electron chi connectivity index (χ0n) is 22.6. The van der Waals surface area contributed by atoms with Gasteiger partial charge in [-0.3, -0.25) is 0 Å². The van der Waals surface area contributed by atoms with Crippen LogP contribution >= 0.6 is 0 Å². The molecule has 0 spiro atoms. The Morgan fingerprint density at radius 1 is 0.537 bits per heavy atom. The van der Waals surface area contributed by atoms with Gasteiger partial charge in [0.1, 0.15) is 22.5 Å². The summed E-state index contributed by atoms with van der Waals surface area (Å²) in [6.45, 7) is 2.08. The molecule has 0 aliphatic heterocycles. The molecule has 2 heteroatoms. The highest BCUT2D eigenvalue weighted by Gasteiger charge is 2.13. The first-order valence-corrected chi connectivity index (χ1v) is 14.0. The molecule has 0 aliphatic carbocycles. The van der Waals surface area contributed by atoms with Gasteiger partial charge in [-0.25, -0.2) is 0 Å². The highest BCUT2D eigenvalue weighted by molar-refractivity contribution is 6.11. The zero-order chi connectivity index (χ0) is 27.3. The number of hydrogen-bond donors (Lipinski definition) is 0. The van der Waals surface area contributed by atoms with Crippen molar-refractivity contribution < 1.29 is 8.83 Å². The lowest BCUT2D eigenvalue weighted by molar-refractivity contribution is 0.602. The largest absolute Gasteiger partial charge is 0.457 e. The minimum Gasteiger partial charge on any atom is -0.457 e. The number of allylic oxidation sites excluding steroid dienone is 3. The average molecular weight is 527 g/mol. The molecule has 0 aliphatic rings. The van der Waals surface area contributed by atoms with E-state index in [1.165, 1.54) is 38.2 Å². The van der Waals surface area contributed by atoms with E-state index >= 15 is 0 Å². The van der Waals surface area contributed by atoms with E-state index in [9.17, 15) is 0 Å². The maximum absolute atomic E-state index is 6.28. The van der Waals surface area contributed by atoms with E-state index in [0.717, 1.165) is 44.2 Å². The minimum absolute atomic E-state index is 0.813. The number of rotatable bonds is 4. The van der Waals surface area contributed by atoms with E-state index < -0.39 is 0 Å². The summed E-state index contributed by atoms with van der Waals surface area (Å²) in [5.41, 5.74) is 7.30. The highest BCUT2D eigenvalue weighted by atomic mass is 16.3. The molecule has 6 aromatic carbocycles. The third kappa shape index (κ3) is 3.96. The molecule has 0 N–H and O–H groups in total. The molecule has 0 saturated heterocycles. The van der Waals surface area contributed by atoms with Crippen LogP contribution < -0.4 is 0 Å². The first-order valence-electron chi connectivity index (χ1n) is 14.0. The fourth-order valence-electron chi connectivity index (χ4n) is 6.05. The number of hydrogen-bond acceptors (Lipinski definition) is 2. The summed E-state index contributed by atoms with van der Waals surface area (Å²) in [5, 5.41) is 8.23. The molecule has 0 bridgehead atoms. The second-order valence-corrected chi connectivity index (χ2v) is 10.5. The summed E-state index contributed by atoms with van der Waals surface area (Å²) in [6, 6.07) is 42.7. The van der Waals surface area contributed by atoms with Crippen molar-refractivity contribution in [1.82, 2.24) is 0 Å². The van der Waals surface area contributed by atoms with Crippen molar-refractivity contribution in [3.8, 4) is 11.1 Å². The van der Waals surface area contributed by atoms with E-state index in [1.54, 1.807) is 0 Å². The molecule has 2 nitrogen and oxygen atoms in total. The van der Waals surface area contributed by atoms with Crippen molar-refractivity contribution in [2.75, 3.05) is 0 Å². The SMILES string of the molecule is C/C=C(\C=C/c1cc2cc3c(cc2o1)oc1ccc(-c2cccc4ccccc24)cc13)c1cccc2ccccc12. The van der Waals surface area contributed by atoms with Gasteiger partial charge in [0.15, 0.2) is 0 Å². The molecule has 41 heavy (non-hydrogen) atoms. The zero-order valence-corrected chi connectivity index (χ0v) is 22.6. The Bertz CT molecular complexity index is 2310. The lowest BCUT2D eigenvalue weighted by atomic mass is 9.97. The standard InChI is InChI=1S/C39H26O2/c1-2-25(31-15-7-11-26-9-3-5-13-32(26)31)17-19-30-21-29-23-36-35-22-28(18-20-37(35)41-39(36)24-38(29)40-30)34-16-8-12-27-10-4-6-14-33(27)34/h2-24H,1H3/b19-17-,25-2+. The molecule has 8 aromatic rings. The van der Waals surface area contributed by atoms with Crippen LogP contribution in [0.25, 0.3) is 77.2 Å². The summed E-state index contributed by atoms with van der Waals surface area (Å²) in [4.78, 5) is 0. The lowest BCUT2D eigenvalue weighted by Gasteiger charge is -2.07. The highest BCUT2D eigenvalue weighted by Crippen LogP contribution is 2.37. The third-order valence-corrected chi connectivity index (χ3v) is 8.07. The minimum atomic E-state index is 0.813. The Labute approximate surface area is 237 Å². The summed E-state index contributed by atoms with van der Waals surface area (Å²) >= 11 is 0. The number of furan rings is 2. The summed E-state index contributed by atoms with van der Waals surface area (Å²) in [5.74, 6) is 0.813. The van der Waals surface area contributed by atoms with Gasteiger partial charge in [-0.2, -0.15) is 0 Å². The van der Waals surface area contributed by atoms with E-state index in [0.29, 0.717) is 0 Å². The third-order valence-electron chi connectivity index (χ3n) is 8.07. The second kappa shape index (κ2) is 9.39. The maximum Gasteiger partial charge on any atom is 0.139 e. The lowest BCUT2D eigenvalue weighted by Crippen LogP contribution is -1.84. The quantitative estimate of drug-likeness (QED) is 0.213. The van der Waals surface area contributed by atoms with Gasteiger partial charge in [0.05, 0.1) is 0 Å². The predicted octanol–water partition coefficient (Wildman–Crippen LogP) is 11.4. The van der Waals surface area contributed by atoms with Gasteiger partial charge in [-0.05, 0) is 81.1 Å². The molecule has 0 radical (unpaired) electrons. The first-order chi connectivity index (χ1) is 20.2. The Morgan fingerprint density at radius 3 is 2.12 bits per heavy atom. The fraction of sp³-hybridized carbons (Fsp3) is 0.0256. The van der Waals surface area contributed by atoms with Crippen LogP contribution in [-0.4, -0.2) is 0 Å². The van der Waals surface area contributed by atoms with Crippen molar-refractivity contribution >= 4 is 66.1 Å². The number of benzene rings is 6. The Kier molecular flexibility index (Phi) is 5.39. The molecule has 0 amide bonds. The van der Waals surface area contributed by atoms with Gasteiger partial charge < -0.3 is 8.83 Å². The van der Waals surface area contributed by atoms with E-state index in [2.05, 4.69) is 140 Å². The molecule has 0 unspecified atom stereocenters. The normalized spacial score (nSPS) is 12.6. The smallest absolute Gasteiger partial charge is 0.139 e. The van der Waals surface area contributed by atoms with Crippen molar-refractivity contribution in [3.63, 3.8) is 0 Å². The Morgan fingerprint density at radius 2 is 1.27 bits per heavy atom. The molecular weight excluding hydrogens is 500 g/mol. The van der Waals surface area contributed by atoms with Gasteiger partial charge in [0, 0.05) is 22.2 Å². The second-order valence-electron chi connectivity index (χ2n) is 10.5. The van der Waals surface area contributed by atoms with Crippen LogP contribution in [0.1, 0.15) is 18.2 Å². The van der Waals surface area contributed by atoms with Gasteiger partial charge in [0.25, 0.3) is 0 Å². The van der Waals surface area contributed by atoms with Crippen molar-refractivity contribution in [1.29, 1.82) is 0 Å². The fourth-order valence-corrected chi connectivity index (χ4v) is 6.05. The Balaban J connectivity index is 1.19. The predicted molar refractivity (Wildman–Crippen MR) is 173 cm³/mol. The van der Waals surface area contributed by atoms with Gasteiger partial charge in [-0.1, -0.05) is 103 Å². The molecule has 0 saturated carbocycles. The van der Waals surface area contributed by atoms with Gasteiger partial charge in [0.2, 0.25) is 0 Å². The number of fused-ring (bicyclic) bond motifs is 6. The summed E-state index contributed by atoms with van der Waals surface area (Å²) in [6.07, 6.45) is 6.33. The molecule has 0 fully saturated rings. The Hall–Kier alpha value is -5.34. The van der Waals surface area contributed by atoms with Crippen LogP contribution in [0.15, 0.2) is 142 Å². The van der Waals surface area contributed by atoms with Crippen molar-refractivity contribution in [3.05, 3.63) is 145 Å². The van der Waals surface area contributed by atoms with E-state index in [-0.39, 0.29) is 0 Å². The van der Waals surface area contributed by atoms with Crippen LogP contribution in [0.5, 0.6) is 0 Å². The van der Waals surface area contributed by atoms with Crippen molar-refractivity contribution in [2.24, 2.45) is 0 Å². The molecule has 194 valence electrons. The molecule has 0 atom stereocenters. The van der Waals surface area contributed by atoms with Crippen LogP contribution in [-0.2, 0) is 0 Å². The maximum atomic E-state index is 6.28. The van der Waals surface area contributed by atoms with E-state index in [1.807, 2.05) is 6.07 Å². The monoisotopic (exact) mass is 526 g/mol. The topological polar surface area (TPSA) is 26.3 Å². The van der Waals surface area contributed by atoms with Crippen LogP contribution in [0.3, 0.4) is 0 Å². The van der Waals surface area contributed by atoms with Crippen molar-refractivity contribution in [2.45, 2.75) is 6.92 Å². The molecule has 8 rings (SSSR count). The summed E-state index contributed by atoms with van der Waals surface area (Å²) in [7, 11) is 0. The molecule has 2 heterocycles. The molecule has 2 aromatic heterocycles. The van der Waals surface area contributed by atoms with Crippen LogP contribution in [0.4, 0.5) is 0 Å². The van der Waals surface area contributed by atoms with Crippen LogP contribution in [0, 0.1) is 0 Å². The molecular formula is C39H26O2. The van der Waals surface area contributed by atoms with Gasteiger partial charge in [-0.15, -0.1) is 0 Å². The van der Waals surface area contributed by atoms with Gasteiger partial charge >= 0.3 is 0 Å². The average Bonchev–Trinajstić information content (AvgIpc) is 3.59. The first kappa shape index (κ1) is 23.5. The summed E-state index contributed by atoms with van der Waals surface area (Å²) < 4.78 is 12.5. The van der Waals surface area contributed by atoms with E-state index in [4.69, 9.17) is 8.83 Å².